The second kappa shape index (κ2) is 7.72. The molecule has 0 spiro atoms. The minimum Gasteiger partial charge on any atom is -0.489 e. The standard InChI is InChI=1S/C20H18ClNO2S/c1-13-3-8-18(14(2)9-13)22-20(23)19-10-15(12-25-19)11-24-17-6-4-16(21)5-7-17/h3-10,12H,11H2,1-2H3,(H,22,23). The highest BCUT2D eigenvalue weighted by atomic mass is 35.5. The summed E-state index contributed by atoms with van der Waals surface area (Å²) in [7, 11) is 0. The fourth-order valence-corrected chi connectivity index (χ4v) is 3.32. The first-order chi connectivity index (χ1) is 12.0. The molecule has 0 saturated heterocycles. The van der Waals surface area contributed by atoms with Crippen molar-refractivity contribution < 1.29 is 9.53 Å². The van der Waals surface area contributed by atoms with E-state index in [4.69, 9.17) is 16.3 Å². The van der Waals surface area contributed by atoms with Gasteiger partial charge in [0.2, 0.25) is 0 Å². The van der Waals surface area contributed by atoms with Gasteiger partial charge in [0, 0.05) is 16.3 Å². The third kappa shape index (κ3) is 4.62. The highest BCUT2D eigenvalue weighted by Gasteiger charge is 2.11. The largest absolute Gasteiger partial charge is 0.489 e. The zero-order chi connectivity index (χ0) is 17.8. The summed E-state index contributed by atoms with van der Waals surface area (Å²) in [6.45, 7) is 4.43. The number of amides is 1. The summed E-state index contributed by atoms with van der Waals surface area (Å²) in [6.07, 6.45) is 0. The molecule has 0 aliphatic carbocycles. The molecule has 0 aliphatic heterocycles. The van der Waals surface area contributed by atoms with Crippen molar-refractivity contribution in [3.05, 3.63) is 80.5 Å². The normalized spacial score (nSPS) is 10.5. The number of halogens is 1. The third-order valence-electron chi connectivity index (χ3n) is 3.73. The van der Waals surface area contributed by atoms with Gasteiger partial charge in [-0.3, -0.25) is 4.79 Å². The lowest BCUT2D eigenvalue weighted by molar-refractivity contribution is 0.103. The predicted octanol–water partition coefficient (Wildman–Crippen LogP) is 5.85. The summed E-state index contributed by atoms with van der Waals surface area (Å²) in [5.74, 6) is 0.645. The van der Waals surface area contributed by atoms with Crippen LogP contribution >= 0.6 is 22.9 Å². The lowest BCUT2D eigenvalue weighted by Gasteiger charge is -2.08. The van der Waals surface area contributed by atoms with E-state index < -0.39 is 0 Å². The number of benzene rings is 2. The number of aryl methyl sites for hydroxylation is 2. The number of nitrogens with one attached hydrogen (secondary N) is 1. The second-order valence-electron chi connectivity index (χ2n) is 5.83. The van der Waals surface area contributed by atoms with Gasteiger partial charge in [-0.1, -0.05) is 29.3 Å². The minimum absolute atomic E-state index is 0.102. The molecule has 25 heavy (non-hydrogen) atoms. The molecule has 128 valence electrons. The molecule has 1 heterocycles. The van der Waals surface area contributed by atoms with E-state index in [0.717, 1.165) is 22.6 Å². The smallest absolute Gasteiger partial charge is 0.265 e. The van der Waals surface area contributed by atoms with Crippen LogP contribution in [-0.4, -0.2) is 5.91 Å². The summed E-state index contributed by atoms with van der Waals surface area (Å²) in [5.41, 5.74) is 4.03. The van der Waals surface area contributed by atoms with Gasteiger partial charge in [-0.15, -0.1) is 11.3 Å². The van der Waals surface area contributed by atoms with Gasteiger partial charge in [0.25, 0.3) is 5.91 Å². The van der Waals surface area contributed by atoms with Crippen LogP contribution in [-0.2, 0) is 6.61 Å². The topological polar surface area (TPSA) is 38.3 Å². The van der Waals surface area contributed by atoms with Gasteiger partial charge < -0.3 is 10.1 Å². The first kappa shape index (κ1) is 17.5. The Morgan fingerprint density at radius 2 is 1.88 bits per heavy atom. The van der Waals surface area contributed by atoms with Crippen molar-refractivity contribution in [2.75, 3.05) is 5.32 Å². The van der Waals surface area contributed by atoms with Crippen LogP contribution in [0.2, 0.25) is 5.02 Å². The first-order valence-electron chi connectivity index (χ1n) is 7.85. The number of carbonyl (C=O) groups excluding carboxylic acids is 1. The summed E-state index contributed by atoms with van der Waals surface area (Å²) >= 11 is 7.27. The fourth-order valence-electron chi connectivity index (χ4n) is 2.41. The van der Waals surface area contributed by atoms with Crippen molar-refractivity contribution in [1.29, 1.82) is 0 Å². The van der Waals surface area contributed by atoms with Crippen LogP contribution in [0.4, 0.5) is 5.69 Å². The summed E-state index contributed by atoms with van der Waals surface area (Å²) in [4.78, 5) is 13.1. The third-order valence-corrected chi connectivity index (χ3v) is 4.96. The molecule has 5 heteroatoms. The summed E-state index contributed by atoms with van der Waals surface area (Å²) in [6, 6.07) is 15.0. The van der Waals surface area contributed by atoms with E-state index in [-0.39, 0.29) is 5.91 Å². The number of thiophene rings is 1. The molecule has 0 unspecified atom stereocenters. The number of hydrogen-bond donors (Lipinski definition) is 1. The molecule has 0 aliphatic rings. The maximum atomic E-state index is 12.4. The maximum absolute atomic E-state index is 12.4. The molecule has 3 aromatic rings. The van der Waals surface area contributed by atoms with Crippen molar-refractivity contribution in [3.8, 4) is 5.75 Å². The lowest BCUT2D eigenvalue weighted by atomic mass is 10.1. The molecule has 3 rings (SSSR count). The van der Waals surface area contributed by atoms with E-state index in [1.807, 2.05) is 49.6 Å². The van der Waals surface area contributed by atoms with Crippen molar-refractivity contribution >= 4 is 34.5 Å². The van der Waals surface area contributed by atoms with Crippen LogP contribution in [0.3, 0.4) is 0 Å². The van der Waals surface area contributed by atoms with Crippen LogP contribution in [0.1, 0.15) is 26.4 Å². The number of anilines is 1. The fraction of sp³-hybridized carbons (Fsp3) is 0.150. The molecule has 2 aromatic carbocycles. The average molecular weight is 372 g/mol. The van der Waals surface area contributed by atoms with Gasteiger partial charge in [0.1, 0.15) is 12.4 Å². The average Bonchev–Trinajstić information content (AvgIpc) is 3.06. The highest BCUT2D eigenvalue weighted by Crippen LogP contribution is 2.22. The van der Waals surface area contributed by atoms with Crippen molar-refractivity contribution in [2.24, 2.45) is 0 Å². The molecule has 1 N–H and O–H groups in total. The highest BCUT2D eigenvalue weighted by molar-refractivity contribution is 7.12. The molecule has 0 fully saturated rings. The molecule has 3 nitrogen and oxygen atoms in total. The van der Waals surface area contributed by atoms with E-state index in [1.54, 1.807) is 12.1 Å². The lowest BCUT2D eigenvalue weighted by Crippen LogP contribution is -2.11. The zero-order valence-electron chi connectivity index (χ0n) is 14.0. The molecule has 0 atom stereocenters. The van der Waals surface area contributed by atoms with Crippen molar-refractivity contribution in [3.63, 3.8) is 0 Å². The Morgan fingerprint density at radius 3 is 2.60 bits per heavy atom. The number of rotatable bonds is 5. The molecule has 0 bridgehead atoms. The zero-order valence-corrected chi connectivity index (χ0v) is 15.6. The SMILES string of the molecule is Cc1ccc(NC(=O)c2cc(COc3ccc(Cl)cc3)cs2)c(C)c1. The first-order valence-corrected chi connectivity index (χ1v) is 9.11. The van der Waals surface area contributed by atoms with E-state index in [0.29, 0.717) is 16.5 Å². The number of carbonyl (C=O) groups is 1. The van der Waals surface area contributed by atoms with Crippen LogP contribution in [0, 0.1) is 13.8 Å². The maximum Gasteiger partial charge on any atom is 0.265 e. The number of hydrogen-bond acceptors (Lipinski definition) is 3. The Balaban J connectivity index is 1.62. The molecular formula is C20H18ClNO2S. The number of ether oxygens (including phenoxy) is 1. The Hall–Kier alpha value is -2.30. The molecule has 0 radical (unpaired) electrons. The van der Waals surface area contributed by atoms with Gasteiger partial charge in [0.05, 0.1) is 4.88 Å². The summed E-state index contributed by atoms with van der Waals surface area (Å²) < 4.78 is 5.71. The Kier molecular flexibility index (Phi) is 5.41. The van der Waals surface area contributed by atoms with E-state index in [9.17, 15) is 4.79 Å². The quantitative estimate of drug-likeness (QED) is 0.610. The minimum atomic E-state index is -0.102. The Bertz CT molecular complexity index is 887. The molecule has 1 amide bonds. The molecule has 1 aromatic heterocycles. The van der Waals surface area contributed by atoms with Crippen LogP contribution in [0.5, 0.6) is 5.75 Å². The second-order valence-corrected chi connectivity index (χ2v) is 7.18. The Labute approximate surface area is 156 Å². The van der Waals surface area contributed by atoms with E-state index in [1.165, 1.54) is 16.9 Å². The van der Waals surface area contributed by atoms with E-state index >= 15 is 0 Å². The van der Waals surface area contributed by atoms with Crippen molar-refractivity contribution in [2.45, 2.75) is 20.5 Å². The van der Waals surface area contributed by atoms with Gasteiger partial charge in [-0.05, 0) is 61.2 Å². The van der Waals surface area contributed by atoms with Crippen LogP contribution in [0.25, 0.3) is 0 Å². The molecular weight excluding hydrogens is 354 g/mol. The van der Waals surface area contributed by atoms with Gasteiger partial charge in [0.15, 0.2) is 0 Å². The van der Waals surface area contributed by atoms with Gasteiger partial charge in [-0.2, -0.15) is 0 Å². The van der Waals surface area contributed by atoms with Crippen LogP contribution < -0.4 is 10.1 Å². The van der Waals surface area contributed by atoms with E-state index in [2.05, 4.69) is 11.4 Å². The molecule has 0 saturated carbocycles. The summed E-state index contributed by atoms with van der Waals surface area (Å²) in [5, 5.41) is 5.57. The van der Waals surface area contributed by atoms with Gasteiger partial charge >= 0.3 is 0 Å². The monoisotopic (exact) mass is 371 g/mol. The van der Waals surface area contributed by atoms with Gasteiger partial charge in [-0.25, -0.2) is 0 Å². The van der Waals surface area contributed by atoms with Crippen LogP contribution in [0.15, 0.2) is 53.9 Å². The van der Waals surface area contributed by atoms with Crippen molar-refractivity contribution in [1.82, 2.24) is 0 Å². The Morgan fingerprint density at radius 1 is 1.12 bits per heavy atom. The predicted molar refractivity (Wildman–Crippen MR) is 104 cm³/mol.